The fourth-order valence-electron chi connectivity index (χ4n) is 14.9. The van der Waals surface area contributed by atoms with Gasteiger partial charge in [0.25, 0.3) is 0 Å². The van der Waals surface area contributed by atoms with Gasteiger partial charge in [0.1, 0.15) is 42.6 Å². The second kappa shape index (κ2) is 35.3. The highest BCUT2D eigenvalue weighted by molar-refractivity contribution is 6.32. The van der Waals surface area contributed by atoms with Crippen molar-refractivity contribution in [1.29, 1.82) is 0 Å². The van der Waals surface area contributed by atoms with Crippen LogP contribution >= 0.6 is 34.8 Å². The van der Waals surface area contributed by atoms with Crippen LogP contribution in [0.25, 0.3) is 38.8 Å². The van der Waals surface area contributed by atoms with Crippen molar-refractivity contribution in [3.8, 4) is 17.2 Å². The molecule has 4 aliphatic rings. The number of H-pyrrole nitrogens is 3. The summed E-state index contributed by atoms with van der Waals surface area (Å²) in [6.45, 7) is 13.7. The molecule has 20 nitrogen and oxygen atoms in total. The van der Waals surface area contributed by atoms with E-state index in [1.165, 1.54) is 29.3 Å². The van der Waals surface area contributed by atoms with Gasteiger partial charge in [0.15, 0.2) is 0 Å². The van der Waals surface area contributed by atoms with Crippen molar-refractivity contribution in [1.82, 2.24) is 64.1 Å². The molecule has 0 saturated carbocycles. The molecule has 108 heavy (non-hydrogen) atoms. The number of fused-ring (bicyclic) bond motifs is 9. The normalized spacial score (nSPS) is 16.5. The van der Waals surface area contributed by atoms with Crippen molar-refractivity contribution in [3.63, 3.8) is 0 Å². The lowest BCUT2D eigenvalue weighted by molar-refractivity contribution is -0.128. The molecule has 3 N–H and O–H groups in total. The van der Waals surface area contributed by atoms with Gasteiger partial charge in [0, 0.05) is 136 Å². The number of benzene rings is 7. The standard InChI is InChI=1S/C31H28ClN5O2.C28H32ClN3O3.C26H26ClN5O2/c32-24-10-13-28-27(19-24)26-15-17-37(29(38)14-7-22-5-2-1-3-6-22)31(30(26)35-28)23-8-11-25(12-9-23)39-18-4-16-36-21-33-20-34-36;1-2-4-26(33)32-13-11-23-24-19-21(29)7-10-25(24)30-27(23)28(32)20-5-8-22(9-6-20)35-16-3-12-31-14-17-34-18-15-31;1-2-4-24(33)32-13-11-21-22-15-19(27)7-10-23(22)30-25(21)26(32)18-5-8-20(9-6-18)34-14-3-12-31-17-28-16-29-31/h1-3,5-14,19-21,31,35H,4,15-18H2;2,4-10,19,28,30H,3,11-18H2,1H3;2,4-10,15-17,26,30H,3,11-14H2,1H3/b14-7+;2*4-2+. The molecule has 0 radical (unpaired) electrons. The molecule has 4 aliphatic heterocycles. The molecule has 0 bridgehead atoms. The number of carbonyl (C=O) groups is 3. The Labute approximate surface area is 642 Å². The molecule has 9 heterocycles. The van der Waals surface area contributed by atoms with Gasteiger partial charge in [-0.2, -0.15) is 10.2 Å². The number of nitrogens with zero attached hydrogens (tertiary/aromatic N) is 10. The van der Waals surface area contributed by atoms with Crippen LogP contribution in [-0.4, -0.2) is 154 Å². The zero-order chi connectivity index (χ0) is 74.3. The summed E-state index contributed by atoms with van der Waals surface area (Å²) in [4.78, 5) is 66.4. The smallest absolute Gasteiger partial charge is 0.247 e. The summed E-state index contributed by atoms with van der Waals surface area (Å²) in [6.07, 6.45) is 21.8. The maximum atomic E-state index is 13.5. The lowest BCUT2D eigenvalue weighted by Crippen LogP contribution is -2.39. The first-order valence-corrected chi connectivity index (χ1v) is 38.0. The first-order chi connectivity index (χ1) is 52.9. The predicted octanol–water partition coefficient (Wildman–Crippen LogP) is 16.0. The van der Waals surface area contributed by atoms with Gasteiger partial charge < -0.3 is 48.6 Å². The minimum atomic E-state index is -0.255. The summed E-state index contributed by atoms with van der Waals surface area (Å²) in [5.74, 6) is 2.43. The van der Waals surface area contributed by atoms with Crippen molar-refractivity contribution < 1.29 is 33.3 Å². The average molecular weight is 1510 g/mol. The summed E-state index contributed by atoms with van der Waals surface area (Å²) in [6, 6.07) is 51.2. The predicted molar refractivity (Wildman–Crippen MR) is 424 cm³/mol. The molecule has 5 aromatic heterocycles. The Morgan fingerprint density at radius 1 is 0.463 bits per heavy atom. The van der Waals surface area contributed by atoms with E-state index in [9.17, 15) is 14.4 Å². The van der Waals surface area contributed by atoms with Gasteiger partial charge in [-0.3, -0.25) is 28.6 Å². The molecule has 16 rings (SSSR count). The van der Waals surface area contributed by atoms with E-state index in [1.807, 2.05) is 180 Å². The Morgan fingerprint density at radius 2 is 0.833 bits per heavy atom. The SMILES string of the molecule is C/C=C/C(=O)N1CCc2c([nH]c3ccc(Cl)cc23)C1c1ccc(OCCCN2CCOCC2)cc1.C/C=C/C(=O)N1CCc2c([nH]c3ccc(Cl)cc23)C1c1ccc(OCCCn2cncn2)cc1.O=C(/C=C/c1ccccc1)N1CCc2c([nH]c3ccc(Cl)cc23)C1c1ccc(OCCCn2cncn2)cc1. The van der Waals surface area contributed by atoms with E-state index in [0.29, 0.717) is 49.5 Å². The summed E-state index contributed by atoms with van der Waals surface area (Å²) in [7, 11) is 0. The number of ether oxygens (including phenoxy) is 4. The molecule has 1 saturated heterocycles. The molecule has 554 valence electrons. The molecule has 0 aliphatic carbocycles. The zero-order valence-electron chi connectivity index (χ0n) is 60.4. The highest BCUT2D eigenvalue weighted by Crippen LogP contribution is 2.44. The molecule has 1 fully saturated rings. The van der Waals surface area contributed by atoms with Gasteiger partial charge in [-0.25, -0.2) is 9.97 Å². The number of aromatic amines is 3. The molecule has 3 unspecified atom stereocenters. The highest BCUT2D eigenvalue weighted by atomic mass is 35.5. The number of hydrogen-bond acceptors (Lipinski definition) is 12. The second-order valence-corrected chi connectivity index (χ2v) is 28.3. The van der Waals surface area contributed by atoms with Crippen LogP contribution in [0.15, 0.2) is 213 Å². The van der Waals surface area contributed by atoms with Crippen LogP contribution in [0, 0.1) is 0 Å². The van der Waals surface area contributed by atoms with Crippen LogP contribution in [0.1, 0.15) is 107 Å². The number of allylic oxidation sites excluding steroid dienone is 2. The molecular formula is C85H86Cl3N13O7. The number of carbonyl (C=O) groups excluding carboxylic acids is 3. The Kier molecular flexibility index (Phi) is 24.2. The molecule has 3 amide bonds. The van der Waals surface area contributed by atoms with Gasteiger partial charge in [-0.15, -0.1) is 0 Å². The lowest BCUT2D eigenvalue weighted by Gasteiger charge is -2.35. The van der Waals surface area contributed by atoms with Crippen LogP contribution in [0.4, 0.5) is 0 Å². The molecule has 7 aromatic carbocycles. The van der Waals surface area contributed by atoms with E-state index in [1.54, 1.807) is 52.4 Å². The number of morpholine rings is 1. The maximum Gasteiger partial charge on any atom is 0.247 e. The highest BCUT2D eigenvalue weighted by Gasteiger charge is 2.37. The van der Waals surface area contributed by atoms with Crippen LogP contribution < -0.4 is 14.2 Å². The fourth-order valence-corrected chi connectivity index (χ4v) is 15.4. The van der Waals surface area contributed by atoms with Crippen LogP contribution in [-0.2, 0) is 51.5 Å². The summed E-state index contributed by atoms with van der Waals surface area (Å²) >= 11 is 18.9. The van der Waals surface area contributed by atoms with Crippen molar-refractivity contribution >= 4 is 91.3 Å². The minimum Gasteiger partial charge on any atom is -0.494 e. The fraction of sp³-hybridized carbons (Fsp3) is 0.282. The average Bonchev–Trinajstić information content (AvgIpc) is 1.60. The largest absolute Gasteiger partial charge is 0.494 e. The van der Waals surface area contributed by atoms with Crippen molar-refractivity contribution in [2.75, 3.05) is 72.3 Å². The van der Waals surface area contributed by atoms with Crippen LogP contribution in [0.3, 0.4) is 0 Å². The summed E-state index contributed by atoms with van der Waals surface area (Å²) < 4.78 is 26.9. The molecular weight excluding hydrogens is 1420 g/mol. The quantitative estimate of drug-likeness (QED) is 0.0427. The second-order valence-electron chi connectivity index (χ2n) is 27.0. The number of amides is 3. The van der Waals surface area contributed by atoms with Gasteiger partial charge in [-0.1, -0.05) is 114 Å². The number of halogens is 3. The zero-order valence-corrected chi connectivity index (χ0v) is 62.7. The Hall–Kier alpha value is -10.7. The molecule has 0 spiro atoms. The topological polar surface area (TPSA) is 210 Å². The van der Waals surface area contributed by atoms with Gasteiger partial charge >= 0.3 is 0 Å². The third-order valence-corrected chi connectivity index (χ3v) is 20.8. The van der Waals surface area contributed by atoms with Crippen molar-refractivity contribution in [2.45, 2.75) is 83.6 Å². The number of hydrogen-bond donors (Lipinski definition) is 3. The molecule has 3 atom stereocenters. The third-order valence-electron chi connectivity index (χ3n) is 20.1. The Balaban J connectivity index is 0.000000136. The first-order valence-electron chi connectivity index (χ1n) is 36.9. The van der Waals surface area contributed by atoms with Gasteiger partial charge in [-0.05, 0) is 188 Å². The lowest BCUT2D eigenvalue weighted by atomic mass is 9.92. The van der Waals surface area contributed by atoms with E-state index < -0.39 is 0 Å². The van der Waals surface area contributed by atoms with Crippen molar-refractivity contribution in [2.24, 2.45) is 0 Å². The monoisotopic (exact) mass is 1510 g/mol. The first kappa shape index (κ1) is 74.1. The number of aromatic nitrogens is 9. The van der Waals surface area contributed by atoms with Gasteiger partial charge in [0.05, 0.1) is 51.2 Å². The Morgan fingerprint density at radius 3 is 1.19 bits per heavy atom. The van der Waals surface area contributed by atoms with Crippen LogP contribution in [0.2, 0.25) is 15.1 Å². The number of aryl methyl sites for hydroxylation is 2. The van der Waals surface area contributed by atoms with Crippen molar-refractivity contribution in [3.05, 3.63) is 285 Å². The van der Waals surface area contributed by atoms with E-state index in [2.05, 4.69) is 52.1 Å². The minimum absolute atomic E-state index is 0.00303. The van der Waals surface area contributed by atoms with E-state index >= 15 is 0 Å². The Bertz CT molecular complexity index is 5110. The molecule has 12 aromatic rings. The van der Waals surface area contributed by atoms with Crippen LogP contribution in [0.5, 0.6) is 17.2 Å². The number of rotatable bonds is 22. The van der Waals surface area contributed by atoms with Gasteiger partial charge in [0.2, 0.25) is 17.7 Å². The maximum absolute atomic E-state index is 13.5. The summed E-state index contributed by atoms with van der Waals surface area (Å²) in [5, 5.41) is 13.7. The number of nitrogens with one attached hydrogen (secondary N) is 3. The third kappa shape index (κ3) is 17.6. The van der Waals surface area contributed by atoms with E-state index in [4.69, 9.17) is 53.8 Å². The summed E-state index contributed by atoms with van der Waals surface area (Å²) in [5.41, 5.74) is 14.0. The molecule has 23 heteroatoms. The van der Waals surface area contributed by atoms with E-state index in [-0.39, 0.29) is 35.8 Å². The van der Waals surface area contributed by atoms with E-state index in [0.717, 1.165) is 179 Å².